The molecule has 0 amide bonds. The van der Waals surface area contributed by atoms with E-state index in [1.54, 1.807) is 62.4 Å². The number of aromatic amines is 1. The zero-order chi connectivity index (χ0) is 25.9. The molecule has 0 fully saturated rings. The fourth-order valence-corrected chi connectivity index (χ4v) is 5.87. The first-order chi connectivity index (χ1) is 17.2. The monoisotopic (exact) mass is 526 g/mol. The number of thiol groups is 1. The van der Waals surface area contributed by atoms with Gasteiger partial charge >= 0.3 is 0 Å². The Bertz CT molecular complexity index is 1580. The third kappa shape index (κ3) is 5.26. The van der Waals surface area contributed by atoms with Gasteiger partial charge in [-0.05, 0) is 49.2 Å². The molecule has 4 rings (SSSR count). The Morgan fingerprint density at radius 2 is 1.64 bits per heavy atom. The van der Waals surface area contributed by atoms with Gasteiger partial charge in [-0.3, -0.25) is 14.2 Å². The van der Waals surface area contributed by atoms with E-state index in [2.05, 4.69) is 10.1 Å². The first kappa shape index (κ1) is 25.4. The van der Waals surface area contributed by atoms with Gasteiger partial charge in [0.05, 0.1) is 11.4 Å². The van der Waals surface area contributed by atoms with Crippen molar-refractivity contribution >= 4 is 26.4 Å². The van der Waals surface area contributed by atoms with E-state index in [0.717, 1.165) is 5.56 Å². The number of nitrogens with one attached hydrogen (secondary N) is 1. The quantitative estimate of drug-likeness (QED) is 0.324. The molecule has 188 valence electrons. The first-order valence-corrected chi connectivity index (χ1v) is 14.0. The Hall–Kier alpha value is -3.70. The number of anilines is 1. The van der Waals surface area contributed by atoms with E-state index in [1.165, 1.54) is 27.3 Å². The van der Waals surface area contributed by atoms with Crippen molar-refractivity contribution < 1.29 is 16.8 Å². The van der Waals surface area contributed by atoms with Crippen LogP contribution in [0.2, 0.25) is 0 Å². The van der Waals surface area contributed by atoms with Crippen molar-refractivity contribution in [2.75, 3.05) is 10.8 Å². The predicted octanol–water partition coefficient (Wildman–Crippen LogP) is 2.79. The number of pyridine rings is 1. The third-order valence-corrected chi connectivity index (χ3v) is 8.29. The highest BCUT2D eigenvalue weighted by Gasteiger charge is 2.24. The smallest absolute Gasteiger partial charge is 0.276 e. The SMILES string of the molecule is CCN(c1ccccc1)S(=O)(=O)c1ccc(-n2[nH]c(C)c(Cc3ccc(C[SH](=O)=O)cc3)c2=O)nc1. The maximum Gasteiger partial charge on any atom is 0.276 e. The molecule has 2 aromatic carbocycles. The Morgan fingerprint density at radius 3 is 2.22 bits per heavy atom. The third-order valence-electron chi connectivity index (χ3n) is 5.78. The molecular weight excluding hydrogens is 500 g/mol. The van der Waals surface area contributed by atoms with Crippen molar-refractivity contribution in [1.82, 2.24) is 14.8 Å². The molecule has 2 heterocycles. The summed E-state index contributed by atoms with van der Waals surface area (Å²) in [5, 5.41) is 3.01. The summed E-state index contributed by atoms with van der Waals surface area (Å²) in [4.78, 5) is 17.4. The van der Waals surface area contributed by atoms with Crippen LogP contribution < -0.4 is 9.86 Å². The first-order valence-electron chi connectivity index (χ1n) is 11.2. The number of rotatable bonds is 9. The molecule has 0 aliphatic carbocycles. The largest absolute Gasteiger partial charge is 0.294 e. The van der Waals surface area contributed by atoms with Crippen molar-refractivity contribution in [3.63, 3.8) is 0 Å². The van der Waals surface area contributed by atoms with Gasteiger partial charge < -0.3 is 0 Å². The van der Waals surface area contributed by atoms with Crippen LogP contribution >= 0.6 is 0 Å². The molecule has 0 saturated heterocycles. The van der Waals surface area contributed by atoms with Gasteiger partial charge in [0, 0.05) is 30.4 Å². The van der Waals surface area contributed by atoms with Crippen LogP contribution in [0.4, 0.5) is 5.69 Å². The maximum absolute atomic E-state index is 13.2. The lowest BCUT2D eigenvalue weighted by Gasteiger charge is -2.22. The zero-order valence-corrected chi connectivity index (χ0v) is 21.5. The van der Waals surface area contributed by atoms with Gasteiger partial charge in [0.1, 0.15) is 15.6 Å². The standard InChI is InChI=1S/C25H26N4O5S2/c1-3-28(21-7-5-4-6-8-21)36(33,34)22-13-14-24(26-16-22)29-25(30)23(18(2)27-29)15-19-9-11-20(12-10-19)17-35(31)32/h4-14,16,27,35H,3,15,17H2,1-2H3. The average molecular weight is 527 g/mol. The number of para-hydroxylation sites is 1. The molecule has 0 bridgehead atoms. The van der Waals surface area contributed by atoms with Crippen LogP contribution in [0.5, 0.6) is 0 Å². The Labute approximate surface area is 211 Å². The van der Waals surface area contributed by atoms with Crippen LogP contribution in [0, 0.1) is 6.92 Å². The minimum Gasteiger partial charge on any atom is -0.294 e. The normalized spacial score (nSPS) is 11.6. The van der Waals surface area contributed by atoms with Crippen molar-refractivity contribution in [2.45, 2.75) is 30.9 Å². The van der Waals surface area contributed by atoms with Gasteiger partial charge in [0.2, 0.25) is 0 Å². The highest BCUT2D eigenvalue weighted by molar-refractivity contribution is 7.92. The van der Waals surface area contributed by atoms with Crippen LogP contribution in [-0.2, 0) is 32.9 Å². The number of aryl methyl sites for hydroxylation is 1. The fourth-order valence-electron chi connectivity index (χ4n) is 3.94. The average Bonchev–Trinajstić information content (AvgIpc) is 3.14. The molecule has 2 aromatic heterocycles. The zero-order valence-electron chi connectivity index (χ0n) is 19.8. The number of hydrogen-bond donors (Lipinski definition) is 2. The van der Waals surface area contributed by atoms with Crippen LogP contribution in [0.1, 0.15) is 29.3 Å². The summed E-state index contributed by atoms with van der Waals surface area (Å²) in [6, 6.07) is 18.8. The summed E-state index contributed by atoms with van der Waals surface area (Å²) < 4.78 is 50.8. The molecule has 9 nitrogen and oxygen atoms in total. The van der Waals surface area contributed by atoms with E-state index in [9.17, 15) is 21.6 Å². The summed E-state index contributed by atoms with van der Waals surface area (Å²) in [7, 11) is -6.33. The fraction of sp³-hybridized carbons (Fsp3) is 0.200. The van der Waals surface area contributed by atoms with Crippen LogP contribution in [0.3, 0.4) is 0 Å². The van der Waals surface area contributed by atoms with Crippen LogP contribution in [-0.4, -0.2) is 38.1 Å². The highest BCUT2D eigenvalue weighted by atomic mass is 32.2. The molecule has 0 saturated carbocycles. The molecule has 0 spiro atoms. The second-order valence-electron chi connectivity index (χ2n) is 8.20. The number of hydrogen-bond acceptors (Lipinski definition) is 6. The Kier molecular flexibility index (Phi) is 7.41. The Balaban J connectivity index is 1.59. The Morgan fingerprint density at radius 1 is 0.972 bits per heavy atom. The molecule has 0 atom stereocenters. The van der Waals surface area contributed by atoms with E-state index >= 15 is 0 Å². The van der Waals surface area contributed by atoms with E-state index in [1.807, 2.05) is 6.07 Å². The van der Waals surface area contributed by atoms with Gasteiger partial charge in [-0.1, -0.05) is 42.5 Å². The van der Waals surface area contributed by atoms with Crippen LogP contribution in [0.15, 0.2) is 82.6 Å². The van der Waals surface area contributed by atoms with Crippen molar-refractivity contribution in [3.8, 4) is 5.82 Å². The second kappa shape index (κ2) is 10.5. The molecule has 0 unspecified atom stereocenters. The molecule has 0 aliphatic heterocycles. The maximum atomic E-state index is 13.2. The molecule has 11 heteroatoms. The predicted molar refractivity (Wildman–Crippen MR) is 139 cm³/mol. The lowest BCUT2D eigenvalue weighted by Crippen LogP contribution is -2.30. The summed E-state index contributed by atoms with van der Waals surface area (Å²) in [5.41, 5.74) is 3.01. The molecular formula is C25H26N4O5S2. The van der Waals surface area contributed by atoms with Gasteiger partial charge in [-0.15, -0.1) is 0 Å². The lowest BCUT2D eigenvalue weighted by atomic mass is 10.0. The summed E-state index contributed by atoms with van der Waals surface area (Å²) in [6.45, 7) is 3.79. The van der Waals surface area contributed by atoms with Crippen molar-refractivity contribution in [3.05, 3.63) is 106 Å². The minimum absolute atomic E-state index is 0.0217. The van der Waals surface area contributed by atoms with Crippen molar-refractivity contribution in [2.24, 2.45) is 0 Å². The second-order valence-corrected chi connectivity index (χ2v) is 11.0. The van der Waals surface area contributed by atoms with Gasteiger partial charge in [0.15, 0.2) is 5.82 Å². The van der Waals surface area contributed by atoms with Gasteiger partial charge in [-0.2, -0.15) is 0 Å². The van der Waals surface area contributed by atoms with E-state index in [-0.39, 0.29) is 28.6 Å². The van der Waals surface area contributed by atoms with Crippen molar-refractivity contribution in [1.29, 1.82) is 0 Å². The van der Waals surface area contributed by atoms with E-state index in [4.69, 9.17) is 0 Å². The molecule has 1 N–H and O–H groups in total. The minimum atomic E-state index is -3.83. The lowest BCUT2D eigenvalue weighted by molar-refractivity contribution is 0.591. The molecule has 0 aliphatic rings. The molecule has 4 aromatic rings. The number of benzene rings is 2. The van der Waals surface area contributed by atoms with E-state index in [0.29, 0.717) is 28.9 Å². The van der Waals surface area contributed by atoms with Crippen LogP contribution in [0.25, 0.3) is 5.82 Å². The summed E-state index contributed by atoms with van der Waals surface area (Å²) in [5.74, 6) is 0.246. The van der Waals surface area contributed by atoms with E-state index < -0.39 is 20.7 Å². The molecule has 36 heavy (non-hydrogen) atoms. The topological polar surface area (TPSA) is 122 Å². The van der Waals surface area contributed by atoms with Gasteiger partial charge in [0.25, 0.3) is 15.6 Å². The van der Waals surface area contributed by atoms with Gasteiger partial charge in [-0.25, -0.2) is 26.5 Å². The summed E-state index contributed by atoms with van der Waals surface area (Å²) >= 11 is 0. The molecule has 0 radical (unpaired) electrons. The number of sulfonamides is 1. The number of nitrogens with zero attached hydrogens (tertiary/aromatic N) is 3. The number of H-pyrrole nitrogens is 1. The summed E-state index contributed by atoms with van der Waals surface area (Å²) in [6.07, 6.45) is 1.60. The highest BCUT2D eigenvalue weighted by Crippen LogP contribution is 2.23. The number of aromatic nitrogens is 3.